The van der Waals surface area contributed by atoms with E-state index < -0.39 is 27.9 Å². The first kappa shape index (κ1) is 21.4. The van der Waals surface area contributed by atoms with Crippen LogP contribution in [0.5, 0.6) is 11.5 Å². The van der Waals surface area contributed by atoms with E-state index in [9.17, 15) is 24.1 Å². The van der Waals surface area contributed by atoms with Gasteiger partial charge >= 0.3 is 0 Å². The number of hydrogen-bond donors (Lipinski definition) is 1. The summed E-state index contributed by atoms with van der Waals surface area (Å²) >= 11 is 0. The van der Waals surface area contributed by atoms with Crippen molar-refractivity contribution in [2.45, 2.75) is 0 Å². The van der Waals surface area contributed by atoms with Crippen molar-refractivity contribution in [2.24, 2.45) is 0 Å². The SMILES string of the molecule is COc1cc(C(=O)Nn2cnc3c(cnn3-c3ccc(F)cc3)c2=O)c([N+](=O)[O-])cc1OC. The maximum Gasteiger partial charge on any atom is 0.286 e. The molecule has 2 aromatic carbocycles. The molecule has 0 spiro atoms. The number of nitrogens with one attached hydrogen (secondary N) is 1. The molecule has 0 atom stereocenters. The van der Waals surface area contributed by atoms with E-state index in [1.165, 1.54) is 49.4 Å². The molecule has 1 N–H and O–H groups in total. The Balaban J connectivity index is 1.72. The monoisotopic (exact) mass is 454 g/mol. The second-order valence-corrected chi connectivity index (χ2v) is 6.61. The summed E-state index contributed by atoms with van der Waals surface area (Å²) in [6.07, 6.45) is 2.28. The number of nitrogens with zero attached hydrogens (tertiary/aromatic N) is 5. The Morgan fingerprint density at radius 1 is 1.15 bits per heavy atom. The molecule has 0 saturated carbocycles. The lowest BCUT2D eigenvalue weighted by Crippen LogP contribution is -2.33. The number of carbonyl (C=O) groups is 1. The van der Waals surface area contributed by atoms with Gasteiger partial charge in [0.15, 0.2) is 17.1 Å². The van der Waals surface area contributed by atoms with Crippen LogP contribution in [0.4, 0.5) is 10.1 Å². The minimum absolute atomic E-state index is 0.0592. The van der Waals surface area contributed by atoms with Gasteiger partial charge in [-0.05, 0) is 24.3 Å². The van der Waals surface area contributed by atoms with Gasteiger partial charge in [0.1, 0.15) is 23.1 Å². The second-order valence-electron chi connectivity index (χ2n) is 6.61. The molecule has 2 heterocycles. The van der Waals surface area contributed by atoms with Gasteiger partial charge < -0.3 is 9.47 Å². The first-order valence-electron chi connectivity index (χ1n) is 9.27. The third-order valence-electron chi connectivity index (χ3n) is 4.72. The topological polar surface area (TPSA) is 143 Å². The van der Waals surface area contributed by atoms with Gasteiger partial charge in [-0.25, -0.2) is 18.7 Å². The zero-order valence-electron chi connectivity index (χ0n) is 17.2. The van der Waals surface area contributed by atoms with E-state index in [4.69, 9.17) is 9.47 Å². The van der Waals surface area contributed by atoms with Crippen LogP contribution in [0.3, 0.4) is 0 Å². The highest BCUT2D eigenvalue weighted by Crippen LogP contribution is 2.34. The number of nitro groups is 1. The van der Waals surface area contributed by atoms with Crippen LogP contribution in [0, 0.1) is 15.9 Å². The lowest BCUT2D eigenvalue weighted by atomic mass is 10.1. The number of ether oxygens (including phenoxy) is 2. The first-order valence-corrected chi connectivity index (χ1v) is 9.27. The van der Waals surface area contributed by atoms with Crippen LogP contribution in [-0.2, 0) is 0 Å². The molecule has 33 heavy (non-hydrogen) atoms. The van der Waals surface area contributed by atoms with E-state index >= 15 is 0 Å². The van der Waals surface area contributed by atoms with Crippen LogP contribution in [0.1, 0.15) is 10.4 Å². The number of benzene rings is 2. The Bertz CT molecular complexity index is 1450. The Hall–Kier alpha value is -4.81. The molecule has 4 aromatic rings. The molecule has 0 fully saturated rings. The minimum Gasteiger partial charge on any atom is -0.493 e. The maximum absolute atomic E-state index is 13.2. The van der Waals surface area contributed by atoms with Crippen molar-refractivity contribution in [1.82, 2.24) is 19.4 Å². The predicted octanol–water partition coefficient (Wildman–Crippen LogP) is 2.03. The third-order valence-corrected chi connectivity index (χ3v) is 4.72. The molecule has 1 amide bonds. The molecule has 12 nitrogen and oxygen atoms in total. The summed E-state index contributed by atoms with van der Waals surface area (Å²) in [6.45, 7) is 0. The smallest absolute Gasteiger partial charge is 0.286 e. The number of hydrogen-bond acceptors (Lipinski definition) is 8. The molecule has 168 valence electrons. The molecule has 2 aromatic heterocycles. The van der Waals surface area contributed by atoms with Crippen molar-refractivity contribution in [2.75, 3.05) is 19.6 Å². The number of rotatable bonds is 6. The fraction of sp³-hybridized carbons (Fsp3) is 0.100. The van der Waals surface area contributed by atoms with Crippen LogP contribution in [0.2, 0.25) is 0 Å². The summed E-state index contributed by atoms with van der Waals surface area (Å²) < 4.78 is 25.4. The number of fused-ring (bicyclic) bond motifs is 1. The van der Waals surface area contributed by atoms with Crippen molar-refractivity contribution in [3.8, 4) is 17.2 Å². The summed E-state index contributed by atoms with van der Waals surface area (Å²) in [7, 11) is 2.61. The molecule has 0 unspecified atom stereocenters. The van der Waals surface area contributed by atoms with E-state index in [1.807, 2.05) is 0 Å². The van der Waals surface area contributed by atoms with Gasteiger partial charge in [0, 0.05) is 6.07 Å². The number of amides is 1. The molecular weight excluding hydrogens is 439 g/mol. The second kappa shape index (κ2) is 8.37. The largest absolute Gasteiger partial charge is 0.493 e. The third kappa shape index (κ3) is 3.82. The number of carbonyl (C=O) groups excluding carboxylic acids is 1. The average Bonchev–Trinajstić information content (AvgIpc) is 3.25. The van der Waals surface area contributed by atoms with Gasteiger partial charge in [-0.3, -0.25) is 25.1 Å². The number of aromatic nitrogens is 4. The molecule has 0 aliphatic carbocycles. The van der Waals surface area contributed by atoms with Crippen LogP contribution >= 0.6 is 0 Å². The van der Waals surface area contributed by atoms with Crippen molar-refractivity contribution in [1.29, 1.82) is 0 Å². The van der Waals surface area contributed by atoms with Crippen LogP contribution < -0.4 is 20.5 Å². The lowest BCUT2D eigenvalue weighted by Gasteiger charge is -2.11. The van der Waals surface area contributed by atoms with Crippen molar-refractivity contribution in [3.05, 3.63) is 80.8 Å². The summed E-state index contributed by atoms with van der Waals surface area (Å²) in [5.41, 5.74) is 1.35. The highest BCUT2D eigenvalue weighted by molar-refractivity contribution is 6.04. The molecule has 0 saturated heterocycles. The summed E-state index contributed by atoms with van der Waals surface area (Å²) in [5, 5.41) is 15.6. The van der Waals surface area contributed by atoms with E-state index in [0.29, 0.717) is 5.69 Å². The lowest BCUT2D eigenvalue weighted by molar-refractivity contribution is -0.385. The van der Waals surface area contributed by atoms with Gasteiger partial charge in [0.2, 0.25) is 0 Å². The van der Waals surface area contributed by atoms with Gasteiger partial charge in [0.25, 0.3) is 17.2 Å². The standard InChI is InChI=1S/C20H15FN6O6/c1-32-16-7-13(15(27(30)31)8-17(16)33-2)19(28)24-25-10-22-18-14(20(25)29)9-23-26(18)12-5-3-11(21)4-6-12/h3-10H,1-2H3,(H,24,28). The zero-order valence-corrected chi connectivity index (χ0v) is 17.2. The molecule has 0 radical (unpaired) electrons. The molecular formula is C20H15FN6O6. The molecule has 13 heteroatoms. The van der Waals surface area contributed by atoms with E-state index in [-0.39, 0.29) is 28.1 Å². The predicted molar refractivity (Wildman–Crippen MR) is 113 cm³/mol. The molecule has 0 aliphatic rings. The van der Waals surface area contributed by atoms with Gasteiger partial charge in [-0.15, -0.1) is 0 Å². The van der Waals surface area contributed by atoms with Gasteiger partial charge in [0.05, 0.1) is 37.1 Å². The maximum atomic E-state index is 13.2. The number of methoxy groups -OCH3 is 2. The minimum atomic E-state index is -0.947. The van der Waals surface area contributed by atoms with Crippen molar-refractivity contribution < 1.29 is 23.6 Å². The highest BCUT2D eigenvalue weighted by atomic mass is 19.1. The number of halogens is 1. The summed E-state index contributed by atoms with van der Waals surface area (Å²) in [5.74, 6) is -1.22. The van der Waals surface area contributed by atoms with Crippen LogP contribution in [0.25, 0.3) is 16.7 Å². The average molecular weight is 454 g/mol. The van der Waals surface area contributed by atoms with Crippen LogP contribution in [0.15, 0.2) is 53.7 Å². The number of nitro benzene ring substituents is 1. The first-order chi connectivity index (χ1) is 15.8. The Labute approximate surface area is 183 Å². The van der Waals surface area contributed by atoms with Crippen molar-refractivity contribution >= 4 is 22.6 Å². The highest BCUT2D eigenvalue weighted by Gasteiger charge is 2.25. The quantitative estimate of drug-likeness (QED) is 0.344. The fourth-order valence-electron chi connectivity index (χ4n) is 3.13. The Morgan fingerprint density at radius 2 is 1.82 bits per heavy atom. The fourth-order valence-corrected chi connectivity index (χ4v) is 3.13. The molecule has 4 rings (SSSR count). The molecule has 0 bridgehead atoms. The van der Waals surface area contributed by atoms with Gasteiger partial charge in [-0.2, -0.15) is 5.10 Å². The van der Waals surface area contributed by atoms with Crippen LogP contribution in [-0.4, -0.2) is 44.5 Å². The normalized spacial score (nSPS) is 10.8. The summed E-state index contributed by atoms with van der Waals surface area (Å²) in [6, 6.07) is 7.58. The van der Waals surface area contributed by atoms with E-state index in [2.05, 4.69) is 15.5 Å². The Kier molecular flexibility index (Phi) is 5.44. The Morgan fingerprint density at radius 3 is 2.45 bits per heavy atom. The molecule has 0 aliphatic heterocycles. The van der Waals surface area contributed by atoms with Crippen molar-refractivity contribution in [3.63, 3.8) is 0 Å². The van der Waals surface area contributed by atoms with E-state index in [1.54, 1.807) is 0 Å². The van der Waals surface area contributed by atoms with E-state index in [0.717, 1.165) is 23.1 Å². The summed E-state index contributed by atoms with van der Waals surface area (Å²) in [4.78, 5) is 40.5. The zero-order chi connectivity index (χ0) is 23.7. The van der Waals surface area contributed by atoms with Gasteiger partial charge in [-0.1, -0.05) is 0 Å².